The van der Waals surface area contributed by atoms with E-state index >= 15 is 0 Å². The van der Waals surface area contributed by atoms with E-state index < -0.39 is 0 Å². The second-order valence-corrected chi connectivity index (χ2v) is 4.96. The number of nitrogens with one attached hydrogen (secondary N) is 1. The van der Waals surface area contributed by atoms with Crippen molar-refractivity contribution in [3.63, 3.8) is 0 Å². The first-order chi connectivity index (χ1) is 7.68. The summed E-state index contributed by atoms with van der Waals surface area (Å²) in [6.45, 7) is 3.87. The third-order valence-electron chi connectivity index (χ3n) is 3.26. The Morgan fingerprint density at radius 2 is 2.31 bits per heavy atom. The van der Waals surface area contributed by atoms with Crippen molar-refractivity contribution in [2.45, 2.75) is 26.2 Å². The Balaban J connectivity index is 2.11. The molecule has 1 saturated heterocycles. The Bertz CT molecular complexity index is 372. The summed E-state index contributed by atoms with van der Waals surface area (Å²) in [6.07, 6.45) is 3.29. The van der Waals surface area contributed by atoms with Crippen molar-refractivity contribution < 1.29 is 4.39 Å². The molecule has 0 radical (unpaired) electrons. The van der Waals surface area contributed by atoms with Gasteiger partial charge in [0, 0.05) is 0 Å². The lowest BCUT2D eigenvalue weighted by Gasteiger charge is -2.23. The number of aryl methyl sites for hydroxylation is 1. The van der Waals surface area contributed by atoms with Crippen molar-refractivity contribution in [2.24, 2.45) is 5.92 Å². The van der Waals surface area contributed by atoms with Gasteiger partial charge in [0.05, 0.1) is 5.02 Å². The summed E-state index contributed by atoms with van der Waals surface area (Å²) < 4.78 is 13.6. The lowest BCUT2D eigenvalue weighted by Crippen LogP contribution is -2.30. The highest BCUT2D eigenvalue weighted by molar-refractivity contribution is 6.31. The second-order valence-electron chi connectivity index (χ2n) is 4.59. The van der Waals surface area contributed by atoms with Crippen LogP contribution < -0.4 is 5.32 Å². The highest BCUT2D eigenvalue weighted by Gasteiger charge is 2.16. The van der Waals surface area contributed by atoms with Crippen LogP contribution in [0.4, 0.5) is 4.39 Å². The molecule has 0 saturated carbocycles. The van der Waals surface area contributed by atoms with Crippen LogP contribution >= 0.6 is 11.6 Å². The minimum Gasteiger partial charge on any atom is -0.316 e. The summed E-state index contributed by atoms with van der Waals surface area (Å²) in [5, 5.41) is 3.67. The Kier molecular flexibility index (Phi) is 3.82. The summed E-state index contributed by atoms with van der Waals surface area (Å²) in [4.78, 5) is 0. The SMILES string of the molecule is Cc1ccc(CC2CCCNC2)c(Cl)c1F. The van der Waals surface area contributed by atoms with Crippen LogP contribution in [-0.2, 0) is 6.42 Å². The first-order valence-corrected chi connectivity index (χ1v) is 6.20. The molecule has 1 aromatic carbocycles. The summed E-state index contributed by atoms with van der Waals surface area (Å²) in [5.41, 5.74) is 1.56. The van der Waals surface area contributed by atoms with Crippen LogP contribution in [0.2, 0.25) is 5.02 Å². The molecule has 1 unspecified atom stereocenters. The van der Waals surface area contributed by atoms with E-state index in [0.29, 0.717) is 16.5 Å². The van der Waals surface area contributed by atoms with Crippen molar-refractivity contribution in [1.82, 2.24) is 5.32 Å². The van der Waals surface area contributed by atoms with E-state index in [1.54, 1.807) is 6.92 Å². The molecule has 1 nitrogen and oxygen atoms in total. The molecule has 2 rings (SSSR count). The molecule has 1 heterocycles. The Labute approximate surface area is 101 Å². The smallest absolute Gasteiger partial charge is 0.144 e. The molecule has 0 aromatic heterocycles. The first kappa shape index (κ1) is 11.9. The first-order valence-electron chi connectivity index (χ1n) is 5.82. The van der Waals surface area contributed by atoms with Crippen molar-refractivity contribution in [3.05, 3.63) is 34.1 Å². The van der Waals surface area contributed by atoms with E-state index in [4.69, 9.17) is 11.6 Å². The zero-order valence-corrected chi connectivity index (χ0v) is 10.3. The Morgan fingerprint density at radius 1 is 1.50 bits per heavy atom. The lowest BCUT2D eigenvalue weighted by atomic mass is 9.92. The lowest BCUT2D eigenvalue weighted by molar-refractivity contribution is 0.375. The summed E-state index contributed by atoms with van der Waals surface area (Å²) in [6, 6.07) is 3.77. The Hall–Kier alpha value is -0.600. The third-order valence-corrected chi connectivity index (χ3v) is 3.67. The number of hydrogen-bond donors (Lipinski definition) is 1. The molecule has 0 aliphatic carbocycles. The maximum Gasteiger partial charge on any atom is 0.144 e. The standard InChI is InChI=1S/C13H17ClFN/c1-9-4-5-11(12(14)13(9)15)7-10-3-2-6-16-8-10/h4-5,10,16H,2-3,6-8H2,1H3. The molecule has 1 aromatic rings. The molecule has 1 atom stereocenters. The summed E-state index contributed by atoms with van der Waals surface area (Å²) >= 11 is 6.02. The van der Waals surface area contributed by atoms with Crippen LogP contribution in [0.15, 0.2) is 12.1 Å². The average Bonchev–Trinajstić information content (AvgIpc) is 2.31. The highest BCUT2D eigenvalue weighted by Crippen LogP contribution is 2.26. The molecule has 16 heavy (non-hydrogen) atoms. The van der Waals surface area contributed by atoms with Crippen LogP contribution in [0, 0.1) is 18.7 Å². The van der Waals surface area contributed by atoms with E-state index in [1.165, 1.54) is 12.8 Å². The van der Waals surface area contributed by atoms with Crippen LogP contribution in [0.25, 0.3) is 0 Å². The van der Waals surface area contributed by atoms with Gasteiger partial charge < -0.3 is 5.32 Å². The van der Waals surface area contributed by atoms with Gasteiger partial charge in [0.15, 0.2) is 0 Å². The quantitative estimate of drug-likeness (QED) is 0.838. The fraction of sp³-hybridized carbons (Fsp3) is 0.538. The normalized spacial score (nSPS) is 21.1. The highest BCUT2D eigenvalue weighted by atomic mass is 35.5. The van der Waals surface area contributed by atoms with Gasteiger partial charge in [0.2, 0.25) is 0 Å². The molecule has 88 valence electrons. The minimum absolute atomic E-state index is 0.261. The molecule has 1 aliphatic heterocycles. The number of benzene rings is 1. The van der Waals surface area contributed by atoms with Gasteiger partial charge >= 0.3 is 0 Å². The number of piperidine rings is 1. The third kappa shape index (κ3) is 2.55. The maximum atomic E-state index is 13.6. The van der Waals surface area contributed by atoms with Gasteiger partial charge in [-0.25, -0.2) is 4.39 Å². The van der Waals surface area contributed by atoms with Crippen LogP contribution in [0.3, 0.4) is 0 Å². The molecule has 0 bridgehead atoms. The maximum absolute atomic E-state index is 13.6. The van der Waals surface area contributed by atoms with E-state index in [-0.39, 0.29) is 5.82 Å². The van der Waals surface area contributed by atoms with Crippen molar-refractivity contribution in [2.75, 3.05) is 13.1 Å². The fourth-order valence-corrected chi connectivity index (χ4v) is 2.54. The van der Waals surface area contributed by atoms with E-state index in [0.717, 1.165) is 25.1 Å². The monoisotopic (exact) mass is 241 g/mol. The second kappa shape index (κ2) is 5.15. The summed E-state index contributed by atoms with van der Waals surface area (Å²) in [5.74, 6) is 0.330. The number of halogens is 2. The van der Waals surface area contributed by atoms with Gasteiger partial charge in [-0.3, -0.25) is 0 Å². The topological polar surface area (TPSA) is 12.0 Å². The Morgan fingerprint density at radius 3 is 3.00 bits per heavy atom. The predicted molar refractivity (Wildman–Crippen MR) is 65.4 cm³/mol. The zero-order valence-electron chi connectivity index (χ0n) is 9.52. The van der Waals surface area contributed by atoms with Crippen molar-refractivity contribution >= 4 is 11.6 Å². The molecular formula is C13H17ClFN. The van der Waals surface area contributed by atoms with Gasteiger partial charge in [-0.2, -0.15) is 0 Å². The molecule has 0 amide bonds. The molecule has 1 N–H and O–H groups in total. The largest absolute Gasteiger partial charge is 0.316 e. The fourth-order valence-electron chi connectivity index (χ4n) is 2.25. The van der Waals surface area contributed by atoms with Gasteiger partial charge in [0.25, 0.3) is 0 Å². The van der Waals surface area contributed by atoms with Gasteiger partial charge in [-0.05, 0) is 56.3 Å². The average molecular weight is 242 g/mol. The predicted octanol–water partition coefficient (Wildman–Crippen LogP) is 3.33. The van der Waals surface area contributed by atoms with Crippen molar-refractivity contribution in [1.29, 1.82) is 0 Å². The molecule has 0 spiro atoms. The molecule has 1 aliphatic rings. The van der Waals surface area contributed by atoms with E-state index in [9.17, 15) is 4.39 Å². The number of rotatable bonds is 2. The minimum atomic E-state index is -0.261. The van der Waals surface area contributed by atoms with Gasteiger partial charge in [-0.1, -0.05) is 23.7 Å². The molecule has 1 fully saturated rings. The zero-order chi connectivity index (χ0) is 11.5. The van der Waals surface area contributed by atoms with Gasteiger partial charge in [0.1, 0.15) is 5.82 Å². The van der Waals surface area contributed by atoms with Crippen molar-refractivity contribution in [3.8, 4) is 0 Å². The van der Waals surface area contributed by atoms with Crippen LogP contribution in [0.1, 0.15) is 24.0 Å². The van der Waals surface area contributed by atoms with Crippen LogP contribution in [-0.4, -0.2) is 13.1 Å². The van der Waals surface area contributed by atoms with Gasteiger partial charge in [-0.15, -0.1) is 0 Å². The molecular weight excluding hydrogens is 225 g/mol. The van der Waals surface area contributed by atoms with E-state index in [1.807, 2.05) is 12.1 Å². The summed E-state index contributed by atoms with van der Waals surface area (Å²) in [7, 11) is 0. The van der Waals surface area contributed by atoms with E-state index in [2.05, 4.69) is 5.32 Å². The van der Waals surface area contributed by atoms with Crippen LogP contribution in [0.5, 0.6) is 0 Å². The number of hydrogen-bond acceptors (Lipinski definition) is 1. The molecule has 3 heteroatoms.